The molecule has 0 bridgehead atoms. The van der Waals surface area contributed by atoms with Crippen LogP contribution in [0.1, 0.15) is 21.6 Å². The molecule has 0 aliphatic carbocycles. The highest BCUT2D eigenvalue weighted by molar-refractivity contribution is 6.48. The van der Waals surface area contributed by atoms with Crippen LogP contribution in [0.25, 0.3) is 10.9 Å². The van der Waals surface area contributed by atoms with Crippen LogP contribution < -0.4 is 14.8 Å². The zero-order chi connectivity index (χ0) is 23.5. The molecule has 8 heteroatoms. The second kappa shape index (κ2) is 9.34. The van der Waals surface area contributed by atoms with E-state index in [2.05, 4.69) is 10.3 Å². The minimum absolute atomic E-state index is 0.259. The average Bonchev–Trinajstić information content (AvgIpc) is 3.10. The summed E-state index contributed by atoms with van der Waals surface area (Å²) >= 11 is 6.02. The number of nitrogens with one attached hydrogen (secondary N) is 1. The number of ether oxygens (including phenoxy) is 2. The Labute approximate surface area is 195 Å². The zero-order valence-electron chi connectivity index (χ0n) is 18.4. The van der Waals surface area contributed by atoms with Gasteiger partial charge in [-0.05, 0) is 55.0 Å². The molecule has 2 aromatic carbocycles. The topological polar surface area (TPSA) is 82.5 Å². The van der Waals surface area contributed by atoms with E-state index < -0.39 is 11.7 Å². The molecule has 0 aliphatic heterocycles. The van der Waals surface area contributed by atoms with Crippen LogP contribution in [0.2, 0.25) is 5.02 Å². The van der Waals surface area contributed by atoms with Crippen molar-refractivity contribution < 1.29 is 19.1 Å². The molecule has 2 heterocycles. The third-order valence-corrected chi connectivity index (χ3v) is 5.68. The number of amides is 1. The fourth-order valence-corrected chi connectivity index (χ4v) is 3.84. The summed E-state index contributed by atoms with van der Waals surface area (Å²) in [5.41, 5.74) is 2.84. The third-order valence-electron chi connectivity index (χ3n) is 5.43. The number of pyridine rings is 1. The van der Waals surface area contributed by atoms with Crippen molar-refractivity contribution in [3.8, 4) is 11.5 Å². The van der Waals surface area contributed by atoms with Gasteiger partial charge in [0.1, 0.15) is 17.3 Å². The first kappa shape index (κ1) is 22.4. The number of methoxy groups -OCH3 is 2. The average molecular weight is 464 g/mol. The van der Waals surface area contributed by atoms with Crippen LogP contribution in [-0.2, 0) is 11.3 Å². The van der Waals surface area contributed by atoms with E-state index in [1.54, 1.807) is 25.3 Å². The molecule has 0 spiro atoms. The Morgan fingerprint density at radius 3 is 2.33 bits per heavy atom. The summed E-state index contributed by atoms with van der Waals surface area (Å²) in [7, 11) is 3.08. The molecule has 7 nitrogen and oxygen atoms in total. The zero-order valence-corrected chi connectivity index (χ0v) is 19.1. The van der Waals surface area contributed by atoms with Crippen molar-refractivity contribution in [3.63, 3.8) is 0 Å². The molecule has 0 atom stereocenters. The van der Waals surface area contributed by atoms with Crippen LogP contribution in [0.3, 0.4) is 0 Å². The van der Waals surface area contributed by atoms with Crippen molar-refractivity contribution in [1.29, 1.82) is 0 Å². The van der Waals surface area contributed by atoms with Crippen molar-refractivity contribution in [2.75, 3.05) is 19.5 Å². The second-order valence-electron chi connectivity index (χ2n) is 7.42. The molecule has 0 unspecified atom stereocenters. The van der Waals surface area contributed by atoms with Crippen LogP contribution in [0, 0.1) is 6.92 Å². The number of benzene rings is 2. The van der Waals surface area contributed by atoms with Crippen LogP contribution in [0.5, 0.6) is 11.5 Å². The fraction of sp³-hybridized carbons (Fsp3) is 0.160. The van der Waals surface area contributed by atoms with Gasteiger partial charge in [-0.3, -0.25) is 9.59 Å². The first-order chi connectivity index (χ1) is 15.9. The Morgan fingerprint density at radius 2 is 1.70 bits per heavy atom. The number of carbonyl (C=O) groups is 2. The summed E-state index contributed by atoms with van der Waals surface area (Å²) in [6.07, 6.45) is 1.47. The number of rotatable bonds is 7. The van der Waals surface area contributed by atoms with Gasteiger partial charge in [0.15, 0.2) is 0 Å². The van der Waals surface area contributed by atoms with Gasteiger partial charge >= 0.3 is 0 Å². The smallest absolute Gasteiger partial charge is 0.298 e. The Kier molecular flexibility index (Phi) is 6.33. The molecule has 0 fully saturated rings. The number of ketones is 1. The lowest BCUT2D eigenvalue weighted by molar-refractivity contribution is -0.112. The lowest BCUT2D eigenvalue weighted by Gasteiger charge is -2.09. The SMILES string of the molecule is COc1ccc(NC(=O)C(=O)c2c(C)n(Cc3ccc(Cl)cc3)c3ccc(OC)cc23)nc1. The number of hydrogen-bond donors (Lipinski definition) is 1. The fourth-order valence-electron chi connectivity index (χ4n) is 3.71. The van der Waals surface area contributed by atoms with Crippen molar-refractivity contribution in [2.24, 2.45) is 0 Å². The van der Waals surface area contributed by atoms with Crippen LogP contribution in [0.15, 0.2) is 60.8 Å². The quantitative estimate of drug-likeness (QED) is 0.312. The van der Waals surface area contributed by atoms with E-state index >= 15 is 0 Å². The summed E-state index contributed by atoms with van der Waals surface area (Å²) in [6.45, 7) is 2.34. The number of Topliss-reactive ketones (excluding diaryl/α,β-unsaturated/α-hetero) is 1. The Hall–Kier alpha value is -3.84. The van der Waals surface area contributed by atoms with Crippen LogP contribution in [0.4, 0.5) is 5.82 Å². The van der Waals surface area contributed by atoms with Crippen LogP contribution >= 0.6 is 11.6 Å². The van der Waals surface area contributed by atoms with E-state index in [0.29, 0.717) is 39.7 Å². The van der Waals surface area contributed by atoms with Crippen molar-refractivity contribution in [3.05, 3.63) is 82.6 Å². The van der Waals surface area contributed by atoms with Gasteiger partial charge in [0.25, 0.3) is 11.7 Å². The van der Waals surface area contributed by atoms with Gasteiger partial charge in [-0.25, -0.2) is 4.98 Å². The molecular weight excluding hydrogens is 442 g/mol. The molecule has 1 N–H and O–H groups in total. The summed E-state index contributed by atoms with van der Waals surface area (Å²) in [4.78, 5) is 30.2. The van der Waals surface area contributed by atoms with E-state index in [4.69, 9.17) is 21.1 Å². The number of halogens is 1. The number of aromatic nitrogens is 2. The Balaban J connectivity index is 1.73. The highest BCUT2D eigenvalue weighted by Gasteiger charge is 2.26. The molecule has 0 aliphatic rings. The first-order valence-electron chi connectivity index (χ1n) is 10.2. The van der Waals surface area contributed by atoms with Crippen molar-refractivity contribution in [2.45, 2.75) is 13.5 Å². The standard InChI is InChI=1S/C25H22ClN3O4/c1-15-23(24(30)25(31)28-22-11-9-19(33-3)13-27-22)20-12-18(32-2)8-10-21(20)29(15)14-16-4-6-17(26)7-5-16/h4-13H,14H2,1-3H3,(H,27,28,31). The molecule has 1 amide bonds. The predicted molar refractivity (Wildman–Crippen MR) is 128 cm³/mol. The van der Waals surface area contributed by atoms with E-state index in [9.17, 15) is 9.59 Å². The number of nitrogens with zero attached hydrogens (tertiary/aromatic N) is 2. The maximum atomic E-state index is 13.3. The highest BCUT2D eigenvalue weighted by Crippen LogP contribution is 2.31. The molecule has 4 rings (SSSR count). The largest absolute Gasteiger partial charge is 0.497 e. The minimum Gasteiger partial charge on any atom is -0.497 e. The molecular formula is C25H22ClN3O4. The minimum atomic E-state index is -0.774. The predicted octanol–water partition coefficient (Wildman–Crippen LogP) is 4.89. The van der Waals surface area contributed by atoms with E-state index in [-0.39, 0.29) is 5.82 Å². The van der Waals surface area contributed by atoms with Crippen molar-refractivity contribution in [1.82, 2.24) is 9.55 Å². The number of anilines is 1. The summed E-state index contributed by atoms with van der Waals surface area (Å²) < 4.78 is 12.4. The van der Waals surface area contributed by atoms with Gasteiger partial charge in [-0.15, -0.1) is 0 Å². The molecule has 33 heavy (non-hydrogen) atoms. The van der Waals surface area contributed by atoms with Gasteiger partial charge in [0, 0.05) is 28.2 Å². The molecule has 4 aromatic rings. The summed E-state index contributed by atoms with van der Waals surface area (Å²) in [5, 5.41) is 3.86. The third kappa shape index (κ3) is 4.54. The van der Waals surface area contributed by atoms with Gasteiger partial charge in [0.2, 0.25) is 0 Å². The van der Waals surface area contributed by atoms with Crippen LogP contribution in [-0.4, -0.2) is 35.5 Å². The lowest BCUT2D eigenvalue weighted by Crippen LogP contribution is -2.24. The molecule has 0 saturated carbocycles. The van der Waals surface area contributed by atoms with Gasteiger partial charge in [0.05, 0.1) is 26.0 Å². The molecule has 168 valence electrons. The first-order valence-corrected chi connectivity index (χ1v) is 10.6. The molecule has 0 saturated heterocycles. The monoisotopic (exact) mass is 463 g/mol. The van der Waals surface area contributed by atoms with Crippen molar-refractivity contribution >= 4 is 40.0 Å². The lowest BCUT2D eigenvalue weighted by atomic mass is 10.1. The normalized spacial score (nSPS) is 10.8. The summed E-state index contributed by atoms with van der Waals surface area (Å²) in [6, 6.07) is 16.2. The summed E-state index contributed by atoms with van der Waals surface area (Å²) in [5.74, 6) is -0.0263. The maximum Gasteiger partial charge on any atom is 0.298 e. The Morgan fingerprint density at radius 1 is 1.00 bits per heavy atom. The molecule has 2 aromatic heterocycles. The van der Waals surface area contributed by atoms with Gasteiger partial charge in [-0.1, -0.05) is 23.7 Å². The number of carbonyl (C=O) groups excluding carboxylic acids is 2. The van der Waals surface area contributed by atoms with E-state index in [1.165, 1.54) is 13.3 Å². The van der Waals surface area contributed by atoms with E-state index in [0.717, 1.165) is 11.1 Å². The van der Waals surface area contributed by atoms with Gasteiger partial charge in [-0.2, -0.15) is 0 Å². The maximum absolute atomic E-state index is 13.3. The number of fused-ring (bicyclic) bond motifs is 1. The number of hydrogen-bond acceptors (Lipinski definition) is 5. The molecule has 0 radical (unpaired) electrons. The van der Waals surface area contributed by atoms with E-state index in [1.807, 2.05) is 47.9 Å². The Bertz CT molecular complexity index is 1330. The van der Waals surface area contributed by atoms with Gasteiger partial charge < -0.3 is 19.4 Å². The highest BCUT2D eigenvalue weighted by atomic mass is 35.5. The second-order valence-corrected chi connectivity index (χ2v) is 7.86.